The van der Waals surface area contributed by atoms with Crippen LogP contribution in [0, 0.1) is 0 Å². The summed E-state index contributed by atoms with van der Waals surface area (Å²) < 4.78 is 0. The van der Waals surface area contributed by atoms with Crippen LogP contribution >= 0.6 is 11.6 Å². The van der Waals surface area contributed by atoms with Crippen LogP contribution in [0.4, 0.5) is 0 Å². The largest absolute Gasteiger partial charge is 0.507 e. The number of aromatic hydroxyl groups is 1. The summed E-state index contributed by atoms with van der Waals surface area (Å²) in [6.45, 7) is 0. The van der Waals surface area contributed by atoms with Crippen molar-refractivity contribution in [3.63, 3.8) is 0 Å². The van der Waals surface area contributed by atoms with Crippen LogP contribution in [0.3, 0.4) is 0 Å². The van der Waals surface area contributed by atoms with Crippen LogP contribution in [-0.4, -0.2) is 22.2 Å². The van der Waals surface area contributed by atoms with Gasteiger partial charge in [0.05, 0.1) is 17.3 Å². The molecule has 3 aromatic carbocycles. The molecule has 0 atom stereocenters. The lowest BCUT2D eigenvalue weighted by molar-refractivity contribution is 0.0952. The Labute approximate surface area is 159 Å². The van der Waals surface area contributed by atoms with E-state index in [2.05, 4.69) is 15.5 Å². The van der Waals surface area contributed by atoms with Crippen LogP contribution in [0.2, 0.25) is 5.15 Å². The van der Waals surface area contributed by atoms with Gasteiger partial charge in [-0.2, -0.15) is 5.10 Å². The van der Waals surface area contributed by atoms with Crippen LogP contribution in [0.5, 0.6) is 5.75 Å². The van der Waals surface area contributed by atoms with E-state index in [9.17, 15) is 9.90 Å². The molecule has 5 nitrogen and oxygen atoms in total. The third-order valence-corrected chi connectivity index (χ3v) is 4.49. The number of amides is 1. The van der Waals surface area contributed by atoms with Gasteiger partial charge in [-0.1, -0.05) is 54.1 Å². The number of nitrogens with one attached hydrogen (secondary N) is 1. The Bertz CT molecular complexity index is 1200. The molecule has 4 aromatic rings. The number of hydrogen-bond acceptors (Lipinski definition) is 4. The molecule has 0 saturated carbocycles. The molecule has 0 aliphatic heterocycles. The van der Waals surface area contributed by atoms with Gasteiger partial charge in [0.2, 0.25) is 0 Å². The summed E-state index contributed by atoms with van der Waals surface area (Å²) >= 11 is 6.17. The number of fused-ring (bicyclic) bond motifs is 2. The van der Waals surface area contributed by atoms with Crippen LogP contribution < -0.4 is 5.43 Å². The van der Waals surface area contributed by atoms with E-state index in [0.717, 1.165) is 21.7 Å². The molecule has 0 fully saturated rings. The van der Waals surface area contributed by atoms with Gasteiger partial charge in [0, 0.05) is 10.9 Å². The maximum absolute atomic E-state index is 12.4. The van der Waals surface area contributed by atoms with Crippen molar-refractivity contribution in [3.05, 3.63) is 83.0 Å². The molecule has 1 amide bonds. The molecular formula is C21H14ClN3O2. The van der Waals surface area contributed by atoms with Gasteiger partial charge in [-0.15, -0.1) is 0 Å². The highest BCUT2D eigenvalue weighted by Gasteiger charge is 2.12. The average molecular weight is 376 g/mol. The summed E-state index contributed by atoms with van der Waals surface area (Å²) in [6, 6.07) is 20.1. The quantitative estimate of drug-likeness (QED) is 0.314. The molecule has 132 valence electrons. The standard InChI is InChI=1S/C21H14ClN3O2/c22-20-16(9-15-7-3-4-8-18(15)24-20)12-23-25-21(27)17-10-13-5-1-2-6-14(13)11-19(17)26/h1-12,26H,(H,25,27)/b23-12-. The zero-order valence-corrected chi connectivity index (χ0v) is 14.8. The lowest BCUT2D eigenvalue weighted by Crippen LogP contribution is -2.17. The van der Waals surface area contributed by atoms with Gasteiger partial charge < -0.3 is 5.11 Å². The number of benzene rings is 3. The summed E-state index contributed by atoms with van der Waals surface area (Å²) in [5, 5.41) is 17.0. The van der Waals surface area contributed by atoms with Gasteiger partial charge in [0.25, 0.3) is 5.91 Å². The minimum absolute atomic E-state index is 0.105. The molecule has 0 saturated heterocycles. The van der Waals surface area contributed by atoms with E-state index in [1.54, 1.807) is 12.1 Å². The monoisotopic (exact) mass is 375 g/mol. The number of rotatable bonds is 3. The van der Waals surface area contributed by atoms with Gasteiger partial charge in [0.1, 0.15) is 10.9 Å². The Morgan fingerprint density at radius 2 is 1.67 bits per heavy atom. The normalized spacial score (nSPS) is 11.3. The highest BCUT2D eigenvalue weighted by atomic mass is 35.5. The Morgan fingerprint density at radius 3 is 2.44 bits per heavy atom. The molecule has 0 radical (unpaired) electrons. The van der Waals surface area contributed by atoms with Crippen molar-refractivity contribution in [2.75, 3.05) is 0 Å². The fraction of sp³-hybridized carbons (Fsp3) is 0. The van der Waals surface area contributed by atoms with E-state index in [-0.39, 0.29) is 11.3 Å². The van der Waals surface area contributed by atoms with E-state index in [1.165, 1.54) is 6.21 Å². The van der Waals surface area contributed by atoms with E-state index in [4.69, 9.17) is 11.6 Å². The molecule has 0 aliphatic carbocycles. The van der Waals surface area contributed by atoms with Crippen molar-refractivity contribution in [1.82, 2.24) is 10.4 Å². The summed E-state index contributed by atoms with van der Waals surface area (Å²) in [4.78, 5) is 16.7. The van der Waals surface area contributed by atoms with Crippen molar-refractivity contribution in [3.8, 4) is 5.75 Å². The number of halogens is 1. The molecule has 2 N–H and O–H groups in total. The molecule has 4 rings (SSSR count). The van der Waals surface area contributed by atoms with E-state index in [1.807, 2.05) is 54.6 Å². The van der Waals surface area contributed by atoms with Crippen LogP contribution in [-0.2, 0) is 0 Å². The number of pyridine rings is 1. The highest BCUT2D eigenvalue weighted by molar-refractivity contribution is 6.32. The molecule has 27 heavy (non-hydrogen) atoms. The second-order valence-corrected chi connectivity index (χ2v) is 6.33. The Kier molecular flexibility index (Phi) is 4.44. The van der Waals surface area contributed by atoms with Gasteiger partial charge in [-0.05, 0) is 35.0 Å². The first-order valence-corrected chi connectivity index (χ1v) is 8.60. The third kappa shape index (κ3) is 3.45. The van der Waals surface area contributed by atoms with E-state index in [0.29, 0.717) is 10.7 Å². The second-order valence-electron chi connectivity index (χ2n) is 5.98. The number of phenols is 1. The molecule has 0 unspecified atom stereocenters. The molecular weight excluding hydrogens is 362 g/mol. The molecule has 0 spiro atoms. The minimum Gasteiger partial charge on any atom is -0.507 e. The first-order chi connectivity index (χ1) is 13.1. The van der Waals surface area contributed by atoms with Crippen LogP contribution in [0.1, 0.15) is 15.9 Å². The average Bonchev–Trinajstić information content (AvgIpc) is 2.67. The summed E-state index contributed by atoms with van der Waals surface area (Å²) in [5.74, 6) is -0.619. The second kappa shape index (κ2) is 7.05. The molecule has 0 bridgehead atoms. The highest BCUT2D eigenvalue weighted by Crippen LogP contribution is 2.25. The number of carbonyl (C=O) groups excluding carboxylic acids is 1. The smallest absolute Gasteiger partial charge is 0.275 e. The van der Waals surface area contributed by atoms with Crippen molar-refractivity contribution < 1.29 is 9.90 Å². The number of hydrogen-bond donors (Lipinski definition) is 2. The number of aromatic nitrogens is 1. The predicted molar refractivity (Wildman–Crippen MR) is 107 cm³/mol. The summed E-state index contributed by atoms with van der Waals surface area (Å²) in [5.41, 5.74) is 3.92. The minimum atomic E-state index is -0.514. The summed E-state index contributed by atoms with van der Waals surface area (Å²) in [7, 11) is 0. The van der Waals surface area contributed by atoms with Crippen LogP contribution in [0.15, 0.2) is 71.8 Å². The fourth-order valence-corrected chi connectivity index (χ4v) is 3.02. The molecule has 1 heterocycles. The van der Waals surface area contributed by atoms with Crippen molar-refractivity contribution in [2.45, 2.75) is 0 Å². The molecule has 0 aliphatic rings. The SMILES string of the molecule is O=C(N/N=C\c1cc2ccccc2nc1Cl)c1cc2ccccc2cc1O. The first kappa shape index (κ1) is 17.0. The molecule has 6 heteroatoms. The zero-order chi connectivity index (χ0) is 18.8. The lowest BCUT2D eigenvalue weighted by Gasteiger charge is -2.06. The first-order valence-electron chi connectivity index (χ1n) is 8.22. The Morgan fingerprint density at radius 1 is 1.00 bits per heavy atom. The van der Waals surface area contributed by atoms with Gasteiger partial charge in [-0.3, -0.25) is 4.79 Å². The number of carbonyl (C=O) groups is 1. The number of nitrogens with zero attached hydrogens (tertiary/aromatic N) is 2. The Hall–Kier alpha value is -3.44. The predicted octanol–water partition coefficient (Wildman–Crippen LogP) is 4.51. The number of para-hydroxylation sites is 1. The maximum atomic E-state index is 12.4. The van der Waals surface area contributed by atoms with E-state index >= 15 is 0 Å². The van der Waals surface area contributed by atoms with Crippen LogP contribution in [0.25, 0.3) is 21.7 Å². The molecule has 1 aromatic heterocycles. The third-order valence-electron chi connectivity index (χ3n) is 4.18. The van der Waals surface area contributed by atoms with Crippen molar-refractivity contribution in [2.24, 2.45) is 5.10 Å². The Balaban J connectivity index is 1.57. The zero-order valence-electron chi connectivity index (χ0n) is 14.1. The number of hydrazone groups is 1. The van der Waals surface area contributed by atoms with E-state index < -0.39 is 5.91 Å². The van der Waals surface area contributed by atoms with Crippen molar-refractivity contribution >= 4 is 45.4 Å². The van der Waals surface area contributed by atoms with Gasteiger partial charge >= 0.3 is 0 Å². The lowest BCUT2D eigenvalue weighted by atomic mass is 10.1. The van der Waals surface area contributed by atoms with Crippen molar-refractivity contribution in [1.29, 1.82) is 0 Å². The van der Waals surface area contributed by atoms with Gasteiger partial charge in [-0.25, -0.2) is 10.4 Å². The van der Waals surface area contributed by atoms with Gasteiger partial charge in [0.15, 0.2) is 0 Å². The topological polar surface area (TPSA) is 74.6 Å². The maximum Gasteiger partial charge on any atom is 0.275 e. The number of phenolic OH excluding ortho intramolecular Hbond substituents is 1. The fourth-order valence-electron chi connectivity index (χ4n) is 2.83. The summed E-state index contributed by atoms with van der Waals surface area (Å²) in [6.07, 6.45) is 1.43.